The van der Waals surface area contributed by atoms with Gasteiger partial charge in [0.1, 0.15) is 6.04 Å². The molecule has 0 radical (unpaired) electrons. The molecule has 2 amide bonds. The Hall–Kier alpha value is -2.40. The number of aryl methyl sites for hydroxylation is 1. The van der Waals surface area contributed by atoms with Crippen LogP contribution >= 0.6 is 11.6 Å². The topological polar surface area (TPSA) is 53.5 Å². The second-order valence-corrected chi connectivity index (χ2v) is 9.25. The quantitative estimate of drug-likeness (QED) is 0.695. The van der Waals surface area contributed by atoms with Crippen LogP contribution in [-0.2, 0) is 16.0 Å². The third kappa shape index (κ3) is 5.09. The van der Waals surface area contributed by atoms with Crippen molar-refractivity contribution in [3.63, 3.8) is 0 Å². The summed E-state index contributed by atoms with van der Waals surface area (Å²) < 4.78 is 0. The van der Waals surface area contributed by atoms with Crippen LogP contribution in [-0.4, -0.2) is 52.3 Å². The zero-order valence-corrected chi connectivity index (χ0v) is 19.1. The van der Waals surface area contributed by atoms with Gasteiger partial charge in [0.15, 0.2) is 0 Å². The molecule has 1 atom stereocenters. The SMILES string of the molecule is Cc1cc(Cc2ccc(Cl)cc2)cc(C2CCN(C(=O)[C@H](C)N3CCCC3=O)CC2)n1. The Balaban J connectivity index is 1.39. The third-order valence-electron chi connectivity index (χ3n) is 6.51. The first-order valence-corrected chi connectivity index (χ1v) is 11.6. The fourth-order valence-corrected chi connectivity index (χ4v) is 4.92. The molecule has 0 spiro atoms. The van der Waals surface area contributed by atoms with Crippen LogP contribution in [0.4, 0.5) is 0 Å². The molecule has 0 N–H and O–H groups in total. The van der Waals surface area contributed by atoms with E-state index >= 15 is 0 Å². The van der Waals surface area contributed by atoms with Gasteiger partial charge < -0.3 is 9.80 Å². The predicted octanol–water partition coefficient (Wildman–Crippen LogP) is 4.35. The minimum atomic E-state index is -0.352. The fraction of sp³-hybridized carbons (Fsp3) is 0.480. The lowest BCUT2D eigenvalue weighted by molar-refractivity contribution is -0.143. The van der Waals surface area contributed by atoms with Crippen LogP contribution in [0, 0.1) is 6.92 Å². The maximum Gasteiger partial charge on any atom is 0.245 e. The Labute approximate surface area is 189 Å². The highest BCUT2D eigenvalue weighted by Gasteiger charge is 2.34. The van der Waals surface area contributed by atoms with Gasteiger partial charge in [0.05, 0.1) is 0 Å². The number of nitrogens with zero attached hydrogens (tertiary/aromatic N) is 3. The van der Waals surface area contributed by atoms with Crippen LogP contribution in [0.1, 0.15) is 61.0 Å². The molecule has 5 nitrogen and oxygen atoms in total. The van der Waals surface area contributed by atoms with Crippen molar-refractivity contribution in [2.45, 2.75) is 57.9 Å². The number of amides is 2. The molecule has 0 unspecified atom stereocenters. The van der Waals surface area contributed by atoms with Crippen LogP contribution in [0.5, 0.6) is 0 Å². The molecular weight excluding hydrogens is 410 g/mol. The van der Waals surface area contributed by atoms with Crippen molar-refractivity contribution >= 4 is 23.4 Å². The average Bonchev–Trinajstić information content (AvgIpc) is 3.20. The maximum atomic E-state index is 12.9. The van der Waals surface area contributed by atoms with Gasteiger partial charge in [-0.3, -0.25) is 14.6 Å². The standard InChI is InChI=1S/C25H30ClN3O2/c1-17-14-20(15-19-5-7-22(26)8-6-19)16-23(27-17)21-9-12-28(13-10-21)25(31)18(2)29-11-3-4-24(29)30/h5-8,14,16,18,21H,3-4,9-13,15H2,1-2H3/t18-/m0/s1. The Morgan fingerprint density at radius 1 is 1.13 bits per heavy atom. The van der Waals surface area contributed by atoms with Gasteiger partial charge in [-0.15, -0.1) is 0 Å². The molecular formula is C25H30ClN3O2. The Morgan fingerprint density at radius 3 is 2.48 bits per heavy atom. The minimum absolute atomic E-state index is 0.0781. The number of likely N-dealkylation sites (tertiary alicyclic amines) is 2. The lowest BCUT2D eigenvalue weighted by Crippen LogP contribution is -2.49. The van der Waals surface area contributed by atoms with Gasteiger partial charge in [-0.2, -0.15) is 0 Å². The highest BCUT2D eigenvalue weighted by atomic mass is 35.5. The zero-order valence-electron chi connectivity index (χ0n) is 18.3. The highest BCUT2D eigenvalue weighted by molar-refractivity contribution is 6.30. The van der Waals surface area contributed by atoms with Crippen molar-refractivity contribution < 1.29 is 9.59 Å². The van der Waals surface area contributed by atoms with Crippen LogP contribution in [0.25, 0.3) is 0 Å². The van der Waals surface area contributed by atoms with Gasteiger partial charge >= 0.3 is 0 Å². The van der Waals surface area contributed by atoms with Crippen molar-refractivity contribution in [2.75, 3.05) is 19.6 Å². The van der Waals surface area contributed by atoms with E-state index in [4.69, 9.17) is 16.6 Å². The number of hydrogen-bond acceptors (Lipinski definition) is 3. The van der Waals surface area contributed by atoms with Crippen LogP contribution in [0.15, 0.2) is 36.4 Å². The summed E-state index contributed by atoms with van der Waals surface area (Å²) in [6, 6.07) is 12.0. The lowest BCUT2D eigenvalue weighted by Gasteiger charge is -2.35. The van der Waals surface area contributed by atoms with E-state index in [0.717, 1.165) is 55.2 Å². The summed E-state index contributed by atoms with van der Waals surface area (Å²) in [6.07, 6.45) is 4.09. The Morgan fingerprint density at radius 2 is 1.84 bits per heavy atom. The summed E-state index contributed by atoms with van der Waals surface area (Å²) in [7, 11) is 0. The number of aromatic nitrogens is 1. The van der Waals surface area contributed by atoms with Gasteiger partial charge in [-0.1, -0.05) is 23.7 Å². The fourth-order valence-electron chi connectivity index (χ4n) is 4.79. The molecule has 2 aliphatic rings. The van der Waals surface area contributed by atoms with E-state index in [0.29, 0.717) is 18.9 Å². The molecule has 2 saturated heterocycles. The normalized spacial score (nSPS) is 18.5. The number of benzene rings is 1. The number of carbonyl (C=O) groups is 2. The molecule has 164 valence electrons. The van der Waals surface area contributed by atoms with E-state index in [-0.39, 0.29) is 17.9 Å². The maximum absolute atomic E-state index is 12.9. The predicted molar refractivity (Wildman–Crippen MR) is 122 cm³/mol. The number of rotatable bonds is 5. The monoisotopic (exact) mass is 439 g/mol. The van der Waals surface area contributed by atoms with Crippen LogP contribution < -0.4 is 0 Å². The molecule has 1 aromatic carbocycles. The van der Waals surface area contributed by atoms with Crippen molar-refractivity contribution in [2.24, 2.45) is 0 Å². The Kier molecular flexibility index (Phi) is 6.61. The van der Waals surface area contributed by atoms with E-state index in [1.165, 1.54) is 11.1 Å². The summed E-state index contributed by atoms with van der Waals surface area (Å²) in [5, 5.41) is 0.750. The molecule has 0 bridgehead atoms. The molecule has 2 fully saturated rings. The van der Waals surface area contributed by atoms with Crippen molar-refractivity contribution in [1.29, 1.82) is 0 Å². The number of halogens is 1. The lowest BCUT2D eigenvalue weighted by atomic mass is 9.91. The van der Waals surface area contributed by atoms with Crippen molar-refractivity contribution in [3.05, 3.63) is 63.9 Å². The van der Waals surface area contributed by atoms with E-state index < -0.39 is 0 Å². The summed E-state index contributed by atoms with van der Waals surface area (Å²) in [4.78, 5) is 33.4. The van der Waals surface area contributed by atoms with Gasteiger partial charge in [0.2, 0.25) is 11.8 Å². The molecule has 3 heterocycles. The first kappa shape index (κ1) is 21.8. The van der Waals surface area contributed by atoms with Crippen LogP contribution in [0.3, 0.4) is 0 Å². The molecule has 0 saturated carbocycles. The van der Waals surface area contributed by atoms with Gasteiger partial charge in [0, 0.05) is 48.4 Å². The second kappa shape index (κ2) is 9.39. The average molecular weight is 440 g/mol. The molecule has 0 aliphatic carbocycles. The zero-order chi connectivity index (χ0) is 22.0. The number of pyridine rings is 1. The van der Waals surface area contributed by atoms with E-state index in [9.17, 15) is 9.59 Å². The smallest absolute Gasteiger partial charge is 0.245 e. The van der Waals surface area contributed by atoms with Crippen molar-refractivity contribution in [1.82, 2.24) is 14.8 Å². The minimum Gasteiger partial charge on any atom is -0.341 e. The molecule has 4 rings (SSSR count). The van der Waals surface area contributed by atoms with E-state index in [1.807, 2.05) is 30.9 Å². The Bertz CT molecular complexity index is 952. The summed E-state index contributed by atoms with van der Waals surface area (Å²) in [5.41, 5.74) is 4.64. The summed E-state index contributed by atoms with van der Waals surface area (Å²) in [5.74, 6) is 0.541. The molecule has 1 aromatic heterocycles. The van der Waals surface area contributed by atoms with E-state index in [1.54, 1.807) is 4.90 Å². The van der Waals surface area contributed by atoms with Crippen molar-refractivity contribution in [3.8, 4) is 0 Å². The number of hydrogen-bond donors (Lipinski definition) is 0. The van der Waals surface area contributed by atoms with E-state index in [2.05, 4.69) is 24.3 Å². The first-order valence-electron chi connectivity index (χ1n) is 11.2. The highest BCUT2D eigenvalue weighted by Crippen LogP contribution is 2.29. The number of carbonyl (C=O) groups excluding carboxylic acids is 2. The number of piperidine rings is 1. The molecule has 2 aliphatic heterocycles. The summed E-state index contributed by atoms with van der Waals surface area (Å²) in [6.45, 7) is 6.05. The largest absolute Gasteiger partial charge is 0.341 e. The third-order valence-corrected chi connectivity index (χ3v) is 6.77. The molecule has 6 heteroatoms. The first-order chi connectivity index (χ1) is 14.9. The summed E-state index contributed by atoms with van der Waals surface area (Å²) >= 11 is 6.01. The van der Waals surface area contributed by atoms with Gasteiger partial charge in [-0.25, -0.2) is 0 Å². The van der Waals surface area contributed by atoms with Gasteiger partial charge in [0.25, 0.3) is 0 Å². The second-order valence-electron chi connectivity index (χ2n) is 8.81. The molecule has 31 heavy (non-hydrogen) atoms. The molecule has 2 aromatic rings. The van der Waals surface area contributed by atoms with Gasteiger partial charge in [-0.05, 0) is 74.9 Å². The van der Waals surface area contributed by atoms with Crippen LogP contribution in [0.2, 0.25) is 5.02 Å².